The van der Waals surface area contributed by atoms with Crippen molar-refractivity contribution in [3.8, 4) is 0 Å². The minimum absolute atomic E-state index is 0.0833. The molecule has 16 heteroatoms. The number of rotatable bonds is 4. The fraction of sp³-hybridized carbons (Fsp3) is 0.0588. The second-order valence-electron chi connectivity index (χ2n) is 10.6. The molecule has 0 aromatic heterocycles. The zero-order valence-electron chi connectivity index (χ0n) is 27.0. The van der Waals surface area contributed by atoms with Gasteiger partial charge in [-0.05, 0) is 96.4 Å². The van der Waals surface area contributed by atoms with Gasteiger partial charge in [-0.2, -0.15) is 0 Å². The van der Waals surface area contributed by atoms with Gasteiger partial charge in [0.25, 0.3) is 0 Å². The molecule has 0 atom stereocenters. The van der Waals surface area contributed by atoms with E-state index in [0.717, 1.165) is 11.1 Å². The highest BCUT2D eigenvalue weighted by atomic mass is 16.4. The fourth-order valence-corrected chi connectivity index (χ4v) is 4.07. The van der Waals surface area contributed by atoms with Gasteiger partial charge in [-0.15, -0.1) is 0 Å². The van der Waals surface area contributed by atoms with E-state index in [1.54, 1.807) is 38.1 Å². The predicted molar refractivity (Wildman–Crippen MR) is 196 cm³/mol. The van der Waals surface area contributed by atoms with Crippen molar-refractivity contribution in [2.24, 2.45) is 0 Å². The van der Waals surface area contributed by atoms with Crippen LogP contribution < -0.4 is 45.9 Å². The van der Waals surface area contributed by atoms with E-state index in [0.29, 0.717) is 56.3 Å². The Morgan fingerprint density at radius 1 is 0.380 bits per heavy atom. The van der Waals surface area contributed by atoms with Crippen molar-refractivity contribution in [1.82, 2.24) is 0 Å². The molecule has 262 valence electrons. The normalized spacial score (nSPS) is 9.88. The molecule has 0 spiro atoms. The van der Waals surface area contributed by atoms with E-state index in [9.17, 15) is 19.2 Å². The number of anilines is 8. The van der Waals surface area contributed by atoms with Gasteiger partial charge < -0.3 is 66.3 Å². The highest BCUT2D eigenvalue weighted by Gasteiger charge is 2.08. The maximum atomic E-state index is 10.7. The van der Waals surface area contributed by atoms with E-state index < -0.39 is 23.9 Å². The van der Waals surface area contributed by atoms with Crippen LogP contribution in [0.3, 0.4) is 0 Å². The molecule has 0 amide bonds. The first kappa shape index (κ1) is 38.8. The molecule has 0 saturated heterocycles. The van der Waals surface area contributed by atoms with Gasteiger partial charge in [-0.3, -0.25) is 0 Å². The van der Waals surface area contributed by atoms with Gasteiger partial charge in [0, 0.05) is 0 Å². The maximum absolute atomic E-state index is 10.7. The molecule has 5 aromatic rings. The summed E-state index contributed by atoms with van der Waals surface area (Å²) in [5.74, 6) is -4.12. The summed E-state index contributed by atoms with van der Waals surface area (Å²) >= 11 is 0. The van der Waals surface area contributed by atoms with Crippen molar-refractivity contribution in [2.45, 2.75) is 13.8 Å². The summed E-state index contributed by atoms with van der Waals surface area (Å²) < 4.78 is 0. The first-order chi connectivity index (χ1) is 23.3. The van der Waals surface area contributed by atoms with Crippen molar-refractivity contribution in [2.75, 3.05) is 45.9 Å². The van der Waals surface area contributed by atoms with Crippen LogP contribution in [0.1, 0.15) is 52.6 Å². The molecule has 0 saturated carbocycles. The number of nitrogen functional groups attached to an aromatic ring is 8. The third kappa shape index (κ3) is 9.82. The van der Waals surface area contributed by atoms with Gasteiger partial charge in [0.05, 0.1) is 67.8 Å². The number of hydrogen-bond acceptors (Lipinski definition) is 12. The van der Waals surface area contributed by atoms with Crippen LogP contribution in [0.25, 0.3) is 10.8 Å². The van der Waals surface area contributed by atoms with Gasteiger partial charge in [0.2, 0.25) is 0 Å². The van der Waals surface area contributed by atoms with Crippen LogP contribution in [0.4, 0.5) is 45.5 Å². The monoisotopic (exact) mass is 686 g/mol. The number of nitrogens with two attached hydrogens (primary N) is 8. The highest BCUT2D eigenvalue weighted by Crippen LogP contribution is 2.31. The zero-order chi connectivity index (χ0) is 38.0. The summed E-state index contributed by atoms with van der Waals surface area (Å²) in [6.45, 7) is 3.58. The van der Waals surface area contributed by atoms with Crippen LogP contribution in [-0.4, -0.2) is 44.3 Å². The van der Waals surface area contributed by atoms with Crippen LogP contribution in [0.5, 0.6) is 0 Å². The van der Waals surface area contributed by atoms with Crippen molar-refractivity contribution in [1.29, 1.82) is 0 Å². The minimum Gasteiger partial charge on any atom is -0.478 e. The lowest BCUT2D eigenvalue weighted by Crippen LogP contribution is -2.04. The van der Waals surface area contributed by atoms with E-state index in [2.05, 4.69) is 0 Å². The Bertz CT molecular complexity index is 1880. The van der Waals surface area contributed by atoms with Gasteiger partial charge in [0.1, 0.15) is 0 Å². The second-order valence-corrected chi connectivity index (χ2v) is 10.6. The van der Waals surface area contributed by atoms with Crippen molar-refractivity contribution in [3.63, 3.8) is 0 Å². The summed E-state index contributed by atoms with van der Waals surface area (Å²) in [5.41, 5.74) is 50.5. The summed E-state index contributed by atoms with van der Waals surface area (Å²) in [6, 6.07) is 17.3. The molecule has 0 bridgehead atoms. The lowest BCUT2D eigenvalue weighted by Gasteiger charge is -2.09. The minimum atomic E-state index is -1.06. The molecule has 5 aromatic carbocycles. The Labute approximate surface area is 285 Å². The van der Waals surface area contributed by atoms with Crippen LogP contribution in [-0.2, 0) is 0 Å². The van der Waals surface area contributed by atoms with Crippen LogP contribution in [0.2, 0.25) is 0 Å². The van der Waals surface area contributed by atoms with Gasteiger partial charge in [-0.25, -0.2) is 19.2 Å². The highest BCUT2D eigenvalue weighted by molar-refractivity contribution is 5.98. The molecule has 0 heterocycles. The zero-order valence-corrected chi connectivity index (χ0v) is 27.0. The summed E-state index contributed by atoms with van der Waals surface area (Å²) in [7, 11) is 0. The Morgan fingerprint density at radius 2 is 0.600 bits per heavy atom. The molecular weight excluding hydrogens is 648 g/mol. The van der Waals surface area contributed by atoms with Gasteiger partial charge >= 0.3 is 23.9 Å². The number of aromatic carboxylic acids is 4. The molecule has 16 nitrogen and oxygen atoms in total. The summed E-state index contributed by atoms with van der Waals surface area (Å²) in [6.07, 6.45) is 0. The van der Waals surface area contributed by atoms with Crippen LogP contribution in [0, 0.1) is 13.8 Å². The van der Waals surface area contributed by atoms with E-state index in [4.69, 9.17) is 66.3 Å². The molecule has 5 rings (SSSR count). The first-order valence-corrected chi connectivity index (χ1v) is 14.2. The summed E-state index contributed by atoms with van der Waals surface area (Å²) in [4.78, 5) is 42.1. The average molecular weight is 687 g/mol. The second kappa shape index (κ2) is 16.5. The average Bonchev–Trinajstić information content (AvgIpc) is 3.08. The molecule has 50 heavy (non-hydrogen) atoms. The molecule has 0 aliphatic heterocycles. The Balaban J connectivity index is 0.000000235. The number of carboxylic acids is 4. The van der Waals surface area contributed by atoms with E-state index >= 15 is 0 Å². The SMILES string of the molecule is Cc1c(N)c(N)cc(N)c1N.Cc1c(N)c(N)cc(N)c1N.O=C(O)c1ccc(C(=O)O)cc1.O=C(O)c1ccc2cc(C(=O)O)ccc2c1. The molecule has 0 aliphatic carbocycles. The van der Waals surface area contributed by atoms with Gasteiger partial charge in [-0.1, -0.05) is 12.1 Å². The van der Waals surface area contributed by atoms with Crippen LogP contribution >= 0.6 is 0 Å². The van der Waals surface area contributed by atoms with E-state index in [1.165, 1.54) is 48.5 Å². The third-order valence-electron chi connectivity index (χ3n) is 7.19. The molecule has 0 radical (unpaired) electrons. The predicted octanol–water partition coefficient (Wildman–Crippen LogP) is 3.97. The lowest BCUT2D eigenvalue weighted by molar-refractivity contribution is 0.0681. The molecule has 0 unspecified atom stereocenters. The summed E-state index contributed by atoms with van der Waals surface area (Å²) in [5, 5.41) is 35.9. The standard InChI is InChI=1S/C12H8O4.C8H6O4.2C7H12N4/c13-11(14)9-3-1-7-5-10(12(15)16)4-2-8(7)6-9;9-7(10)5-1-2-6(4-3-5)8(11)12;2*1-3-6(10)4(8)2-5(9)7(3)11/h1-6H,(H,13,14)(H,15,16);1-4H,(H,9,10)(H,11,12);2*2H,8-11H2,1H3. The molecule has 0 aliphatic rings. The molecule has 20 N–H and O–H groups in total. The first-order valence-electron chi connectivity index (χ1n) is 14.2. The van der Waals surface area contributed by atoms with E-state index in [-0.39, 0.29) is 22.3 Å². The topological polar surface area (TPSA) is 357 Å². The number of carboxylic acid groups (broad SMARTS) is 4. The molecule has 0 fully saturated rings. The Morgan fingerprint density at radius 3 is 0.820 bits per heavy atom. The van der Waals surface area contributed by atoms with Gasteiger partial charge in [0.15, 0.2) is 0 Å². The van der Waals surface area contributed by atoms with Crippen molar-refractivity contribution in [3.05, 3.63) is 106 Å². The van der Waals surface area contributed by atoms with E-state index in [1.807, 2.05) is 0 Å². The number of fused-ring (bicyclic) bond motifs is 1. The molecular formula is C34H38N8O8. The Kier molecular flexibility index (Phi) is 12.8. The largest absolute Gasteiger partial charge is 0.478 e. The fourth-order valence-electron chi connectivity index (χ4n) is 4.07. The smallest absolute Gasteiger partial charge is 0.335 e. The Hall–Kier alpha value is -7.36. The quantitative estimate of drug-likeness (QED) is 0.119. The third-order valence-corrected chi connectivity index (χ3v) is 7.19. The number of carbonyl (C=O) groups is 4. The van der Waals surface area contributed by atoms with Crippen LogP contribution in [0.15, 0.2) is 72.8 Å². The maximum Gasteiger partial charge on any atom is 0.335 e. The van der Waals surface area contributed by atoms with Crippen molar-refractivity contribution >= 4 is 80.1 Å². The van der Waals surface area contributed by atoms with Crippen molar-refractivity contribution < 1.29 is 39.6 Å². The number of benzene rings is 5. The lowest BCUT2D eigenvalue weighted by atomic mass is 10.0. The number of hydrogen-bond donors (Lipinski definition) is 12.